The highest BCUT2D eigenvalue weighted by atomic mass is 16.5. The molecule has 178 valence electrons. The Morgan fingerprint density at radius 3 is 2.55 bits per heavy atom. The second kappa shape index (κ2) is 9.67. The number of ether oxygens (including phenoxy) is 1. The summed E-state index contributed by atoms with van der Waals surface area (Å²) >= 11 is 0. The third-order valence-electron chi connectivity index (χ3n) is 5.99. The minimum atomic E-state index is -0.396. The Morgan fingerprint density at radius 2 is 1.82 bits per heavy atom. The fourth-order valence-electron chi connectivity index (χ4n) is 4.10. The van der Waals surface area contributed by atoms with Crippen LogP contribution in [0, 0.1) is 0 Å². The molecule has 11 nitrogen and oxygen atoms in total. The van der Waals surface area contributed by atoms with Crippen molar-refractivity contribution in [3.8, 4) is 11.5 Å². The number of benzene rings is 1. The second-order valence-electron chi connectivity index (χ2n) is 8.22. The highest BCUT2D eigenvalue weighted by Crippen LogP contribution is 2.25. The molecule has 3 N–H and O–H groups in total. The summed E-state index contributed by atoms with van der Waals surface area (Å²) in [6.45, 7) is 4.54. The van der Waals surface area contributed by atoms with Crippen LogP contribution in [0.4, 0.5) is 5.95 Å². The second-order valence-corrected chi connectivity index (χ2v) is 8.22. The van der Waals surface area contributed by atoms with Crippen LogP contribution in [0.1, 0.15) is 12.0 Å². The number of nitrogens with one attached hydrogen (secondary N) is 1. The summed E-state index contributed by atoms with van der Waals surface area (Å²) in [5.74, 6) is 0.441. The summed E-state index contributed by atoms with van der Waals surface area (Å²) in [5, 5.41) is 22.4. The summed E-state index contributed by atoms with van der Waals surface area (Å²) in [5.41, 5.74) is 1.01. The van der Waals surface area contributed by atoms with Gasteiger partial charge in [0, 0.05) is 33.7 Å². The smallest absolute Gasteiger partial charge is 0.332 e. The lowest BCUT2D eigenvalue weighted by Gasteiger charge is -2.28. The number of phenols is 2. The van der Waals surface area contributed by atoms with Crippen molar-refractivity contribution in [1.29, 1.82) is 0 Å². The molecule has 0 atom stereocenters. The molecule has 4 rings (SSSR count). The molecule has 1 aliphatic rings. The molecule has 1 fully saturated rings. The van der Waals surface area contributed by atoms with Crippen LogP contribution >= 0.6 is 0 Å². The van der Waals surface area contributed by atoms with Crippen LogP contribution < -0.4 is 21.5 Å². The van der Waals surface area contributed by atoms with Crippen LogP contribution in [-0.2, 0) is 31.8 Å². The SMILES string of the molecule is Cn1c(=O)c2c(nc(N3CCOCC3)n2CCCNCCc2ccc(O)c(O)c2)n(C)c1=O. The normalized spacial score (nSPS) is 14.3. The zero-order valence-corrected chi connectivity index (χ0v) is 19.0. The van der Waals surface area contributed by atoms with E-state index in [-0.39, 0.29) is 17.1 Å². The molecule has 3 aromatic rings. The summed E-state index contributed by atoms with van der Waals surface area (Å²) in [6, 6.07) is 4.82. The van der Waals surface area contributed by atoms with Gasteiger partial charge in [0.05, 0.1) is 13.2 Å². The first-order valence-electron chi connectivity index (χ1n) is 11.1. The van der Waals surface area contributed by atoms with Crippen molar-refractivity contribution in [2.75, 3.05) is 44.3 Å². The van der Waals surface area contributed by atoms with Gasteiger partial charge in [0.25, 0.3) is 5.56 Å². The predicted molar refractivity (Wildman–Crippen MR) is 124 cm³/mol. The molecule has 0 unspecified atom stereocenters. The first kappa shape index (κ1) is 22.9. The topological polar surface area (TPSA) is 127 Å². The molecule has 1 saturated heterocycles. The average Bonchev–Trinajstić information content (AvgIpc) is 3.21. The minimum Gasteiger partial charge on any atom is -0.504 e. The first-order chi connectivity index (χ1) is 15.9. The van der Waals surface area contributed by atoms with E-state index in [1.165, 1.54) is 17.7 Å². The summed E-state index contributed by atoms with van der Waals surface area (Å²) < 4.78 is 9.92. The number of nitrogens with zero attached hydrogens (tertiary/aromatic N) is 5. The van der Waals surface area contributed by atoms with Crippen molar-refractivity contribution in [3.05, 3.63) is 44.6 Å². The van der Waals surface area contributed by atoms with Gasteiger partial charge in [-0.15, -0.1) is 0 Å². The van der Waals surface area contributed by atoms with Crippen molar-refractivity contribution < 1.29 is 14.9 Å². The molecule has 11 heteroatoms. The number of aromatic hydroxyl groups is 2. The third kappa shape index (κ3) is 4.60. The fourth-order valence-corrected chi connectivity index (χ4v) is 4.10. The maximum atomic E-state index is 13.0. The molecule has 1 aromatic carbocycles. The van der Waals surface area contributed by atoms with Gasteiger partial charge in [-0.05, 0) is 43.6 Å². The van der Waals surface area contributed by atoms with Gasteiger partial charge in [0.15, 0.2) is 22.7 Å². The third-order valence-corrected chi connectivity index (χ3v) is 5.99. The first-order valence-corrected chi connectivity index (χ1v) is 11.1. The molecule has 0 radical (unpaired) electrons. The monoisotopic (exact) mass is 458 g/mol. The fraction of sp³-hybridized carbons (Fsp3) is 0.500. The molecule has 33 heavy (non-hydrogen) atoms. The Bertz CT molecular complexity index is 1250. The van der Waals surface area contributed by atoms with Crippen LogP contribution in [0.3, 0.4) is 0 Å². The standard InChI is InChI=1S/C22H30N6O5/c1-25-19-18(20(31)26(2)22(25)32)28(21(24-19)27-10-12-33-13-11-27)9-3-7-23-8-6-15-4-5-16(29)17(30)14-15/h4-5,14,23,29-30H,3,6-13H2,1-2H3. The van der Waals surface area contributed by atoms with E-state index in [2.05, 4.69) is 15.2 Å². The van der Waals surface area contributed by atoms with E-state index in [9.17, 15) is 19.8 Å². The van der Waals surface area contributed by atoms with Crippen molar-refractivity contribution >= 4 is 17.1 Å². The van der Waals surface area contributed by atoms with E-state index in [0.29, 0.717) is 62.9 Å². The maximum Gasteiger partial charge on any atom is 0.332 e. The van der Waals surface area contributed by atoms with Gasteiger partial charge in [-0.1, -0.05) is 6.07 Å². The number of hydrogen-bond acceptors (Lipinski definition) is 8. The highest BCUT2D eigenvalue weighted by Gasteiger charge is 2.23. The van der Waals surface area contributed by atoms with Crippen LogP contribution in [0.5, 0.6) is 11.5 Å². The zero-order valence-electron chi connectivity index (χ0n) is 19.0. The van der Waals surface area contributed by atoms with Gasteiger partial charge in [-0.3, -0.25) is 13.9 Å². The van der Waals surface area contributed by atoms with Crippen LogP contribution in [0.15, 0.2) is 27.8 Å². The Kier molecular flexibility index (Phi) is 6.70. The predicted octanol–water partition coefficient (Wildman–Crippen LogP) is -0.0961. The molecule has 0 amide bonds. The van der Waals surface area contributed by atoms with Gasteiger partial charge < -0.3 is 29.7 Å². The number of hydrogen-bond donors (Lipinski definition) is 3. The summed E-state index contributed by atoms with van der Waals surface area (Å²) in [6.07, 6.45) is 1.47. The molecular weight excluding hydrogens is 428 g/mol. The molecule has 0 saturated carbocycles. The summed E-state index contributed by atoms with van der Waals surface area (Å²) in [7, 11) is 3.12. The Labute approximate surface area is 190 Å². The van der Waals surface area contributed by atoms with E-state index in [4.69, 9.17) is 4.74 Å². The van der Waals surface area contributed by atoms with Crippen LogP contribution in [0.2, 0.25) is 0 Å². The van der Waals surface area contributed by atoms with Crippen molar-refractivity contribution in [1.82, 2.24) is 24.0 Å². The number of rotatable bonds is 8. The van der Waals surface area contributed by atoms with E-state index in [1.807, 2.05) is 4.57 Å². The highest BCUT2D eigenvalue weighted by molar-refractivity contribution is 5.74. The maximum absolute atomic E-state index is 13.0. The Balaban J connectivity index is 1.48. The molecule has 0 spiro atoms. The molecule has 1 aliphatic heterocycles. The Hall–Kier alpha value is -3.31. The van der Waals surface area contributed by atoms with Gasteiger partial charge in [-0.25, -0.2) is 4.79 Å². The number of imidazole rings is 1. The number of fused-ring (bicyclic) bond motifs is 1. The minimum absolute atomic E-state index is 0.119. The molecule has 2 aromatic heterocycles. The summed E-state index contributed by atoms with van der Waals surface area (Å²) in [4.78, 5) is 32.1. The molecule has 3 heterocycles. The number of aromatic nitrogens is 4. The van der Waals surface area contributed by atoms with E-state index < -0.39 is 5.69 Å². The van der Waals surface area contributed by atoms with Crippen molar-refractivity contribution in [2.24, 2.45) is 14.1 Å². The van der Waals surface area contributed by atoms with Crippen LogP contribution in [-0.4, -0.2) is 68.3 Å². The van der Waals surface area contributed by atoms with Crippen molar-refractivity contribution in [2.45, 2.75) is 19.4 Å². The number of anilines is 1. The molecular formula is C22H30N6O5. The molecule has 0 bridgehead atoms. The lowest BCUT2D eigenvalue weighted by molar-refractivity contribution is 0.121. The lowest BCUT2D eigenvalue weighted by atomic mass is 10.1. The van der Waals surface area contributed by atoms with Crippen molar-refractivity contribution in [3.63, 3.8) is 0 Å². The Morgan fingerprint density at radius 1 is 1.06 bits per heavy atom. The van der Waals surface area contributed by atoms with E-state index in [0.717, 1.165) is 23.1 Å². The zero-order chi connectivity index (χ0) is 23.5. The lowest BCUT2D eigenvalue weighted by Crippen LogP contribution is -2.39. The van der Waals surface area contributed by atoms with Gasteiger partial charge in [0.1, 0.15) is 0 Å². The number of aryl methyl sites for hydroxylation is 2. The van der Waals surface area contributed by atoms with Gasteiger partial charge >= 0.3 is 5.69 Å². The quantitative estimate of drug-likeness (QED) is 0.316. The largest absolute Gasteiger partial charge is 0.504 e. The number of morpholine rings is 1. The van der Waals surface area contributed by atoms with Crippen LogP contribution in [0.25, 0.3) is 11.2 Å². The number of phenolic OH excluding ortho intramolecular Hbond substituents is 2. The van der Waals surface area contributed by atoms with E-state index in [1.54, 1.807) is 19.2 Å². The van der Waals surface area contributed by atoms with Gasteiger partial charge in [-0.2, -0.15) is 4.98 Å². The van der Waals surface area contributed by atoms with Gasteiger partial charge in [0.2, 0.25) is 5.95 Å². The molecule has 0 aliphatic carbocycles. The van der Waals surface area contributed by atoms with E-state index >= 15 is 0 Å². The average molecular weight is 459 g/mol.